The molecule has 1 atom stereocenters. The van der Waals surface area contributed by atoms with Crippen LogP contribution in [0.1, 0.15) is 28.7 Å². The molecular formula is C19H32ClN3O4S. The SMILES string of the molecule is COC(CN)CC(=O)N1CCN(S(=O)(=O)c2c(C)c(C)cc(C)c2C)CC1.Cl. The molecule has 1 aliphatic rings. The van der Waals surface area contributed by atoms with Gasteiger partial charge in [-0.05, 0) is 49.9 Å². The lowest BCUT2D eigenvalue weighted by Crippen LogP contribution is -2.51. The van der Waals surface area contributed by atoms with Crippen molar-refractivity contribution in [2.75, 3.05) is 39.8 Å². The zero-order chi connectivity index (χ0) is 20.4. The van der Waals surface area contributed by atoms with E-state index < -0.39 is 10.0 Å². The Kier molecular flexibility index (Phi) is 8.90. The standard InChI is InChI=1S/C19H31N3O4S.ClH/c1-13-10-14(2)16(4)19(15(13)3)27(24,25)22-8-6-21(7-9-22)18(23)11-17(12-20)26-5;/h10,17H,6-9,11-12,20H2,1-5H3;1H. The van der Waals surface area contributed by atoms with E-state index in [2.05, 4.69) is 0 Å². The Bertz CT molecular complexity index is 776. The van der Waals surface area contributed by atoms with Crippen LogP contribution in [0.2, 0.25) is 0 Å². The van der Waals surface area contributed by atoms with E-state index in [9.17, 15) is 13.2 Å². The lowest BCUT2D eigenvalue weighted by molar-refractivity contribution is -0.134. The maximum absolute atomic E-state index is 13.3. The van der Waals surface area contributed by atoms with Crippen molar-refractivity contribution in [1.82, 2.24) is 9.21 Å². The molecule has 28 heavy (non-hydrogen) atoms. The van der Waals surface area contributed by atoms with Gasteiger partial charge in [0.25, 0.3) is 0 Å². The molecule has 160 valence electrons. The Hall–Kier alpha value is -1.19. The Labute approximate surface area is 174 Å². The summed E-state index contributed by atoms with van der Waals surface area (Å²) >= 11 is 0. The van der Waals surface area contributed by atoms with Gasteiger partial charge in [-0.25, -0.2) is 8.42 Å². The van der Waals surface area contributed by atoms with Crippen LogP contribution in [0, 0.1) is 27.7 Å². The first-order valence-corrected chi connectivity index (χ1v) is 10.7. The number of rotatable bonds is 6. The highest BCUT2D eigenvalue weighted by molar-refractivity contribution is 7.89. The fourth-order valence-electron chi connectivity index (χ4n) is 3.46. The number of piperazine rings is 1. The van der Waals surface area contributed by atoms with Crippen molar-refractivity contribution in [3.8, 4) is 0 Å². The van der Waals surface area contributed by atoms with Crippen molar-refractivity contribution in [3.63, 3.8) is 0 Å². The molecule has 0 aliphatic carbocycles. The summed E-state index contributed by atoms with van der Waals surface area (Å²) in [5.74, 6) is -0.0527. The van der Waals surface area contributed by atoms with Crippen molar-refractivity contribution in [2.24, 2.45) is 5.73 Å². The number of benzene rings is 1. The molecule has 0 spiro atoms. The molecule has 2 rings (SSSR count). The number of sulfonamides is 1. The molecule has 0 aromatic heterocycles. The summed E-state index contributed by atoms with van der Waals surface area (Å²) < 4.78 is 33.2. The van der Waals surface area contributed by atoms with Gasteiger partial charge in [-0.2, -0.15) is 4.31 Å². The molecule has 1 heterocycles. The minimum absolute atomic E-state index is 0. The Morgan fingerprint density at radius 2 is 1.61 bits per heavy atom. The first-order chi connectivity index (χ1) is 12.6. The highest BCUT2D eigenvalue weighted by Crippen LogP contribution is 2.29. The van der Waals surface area contributed by atoms with Gasteiger partial charge in [0.1, 0.15) is 0 Å². The number of carbonyl (C=O) groups excluding carboxylic acids is 1. The number of halogens is 1. The molecule has 1 aliphatic heterocycles. The number of amides is 1. The van der Waals surface area contributed by atoms with Gasteiger partial charge in [0, 0.05) is 39.8 Å². The Morgan fingerprint density at radius 1 is 1.11 bits per heavy atom. The average Bonchev–Trinajstić information content (AvgIpc) is 2.64. The number of nitrogens with two attached hydrogens (primary N) is 1. The lowest BCUT2D eigenvalue weighted by atomic mass is 10.0. The average molecular weight is 434 g/mol. The van der Waals surface area contributed by atoms with Crippen LogP contribution in [-0.4, -0.2) is 69.5 Å². The van der Waals surface area contributed by atoms with Crippen LogP contribution in [-0.2, 0) is 19.6 Å². The van der Waals surface area contributed by atoms with Crippen molar-refractivity contribution in [3.05, 3.63) is 28.3 Å². The zero-order valence-corrected chi connectivity index (χ0v) is 19.0. The molecule has 0 radical (unpaired) electrons. The summed E-state index contributed by atoms with van der Waals surface area (Å²) in [6.45, 7) is 9.19. The summed E-state index contributed by atoms with van der Waals surface area (Å²) in [6, 6.07) is 2.02. The maximum Gasteiger partial charge on any atom is 0.243 e. The molecule has 1 unspecified atom stereocenters. The second kappa shape index (κ2) is 10.0. The Balaban J connectivity index is 0.00000392. The van der Waals surface area contributed by atoms with Crippen LogP contribution in [0.15, 0.2) is 11.0 Å². The van der Waals surface area contributed by atoms with Crippen molar-refractivity contribution in [1.29, 1.82) is 0 Å². The monoisotopic (exact) mass is 433 g/mol. The topological polar surface area (TPSA) is 92.9 Å². The smallest absolute Gasteiger partial charge is 0.243 e. The second-order valence-corrected chi connectivity index (χ2v) is 9.05. The van der Waals surface area contributed by atoms with E-state index in [1.165, 1.54) is 11.4 Å². The van der Waals surface area contributed by atoms with Crippen LogP contribution in [0.4, 0.5) is 0 Å². The minimum atomic E-state index is -3.60. The lowest BCUT2D eigenvalue weighted by Gasteiger charge is -2.35. The number of aryl methyl sites for hydroxylation is 2. The highest BCUT2D eigenvalue weighted by atomic mass is 35.5. The normalized spacial score (nSPS) is 16.6. The number of ether oxygens (including phenoxy) is 1. The van der Waals surface area contributed by atoms with Gasteiger partial charge in [0.15, 0.2) is 0 Å². The number of methoxy groups -OCH3 is 1. The Morgan fingerprint density at radius 3 is 2.04 bits per heavy atom. The molecule has 1 fully saturated rings. The third kappa shape index (κ3) is 5.04. The highest BCUT2D eigenvalue weighted by Gasteiger charge is 2.33. The van der Waals surface area contributed by atoms with E-state index in [0.717, 1.165) is 22.3 Å². The summed E-state index contributed by atoms with van der Waals surface area (Å²) in [5.41, 5.74) is 9.10. The van der Waals surface area contributed by atoms with Gasteiger partial charge in [0.2, 0.25) is 15.9 Å². The van der Waals surface area contributed by atoms with Gasteiger partial charge in [-0.15, -0.1) is 12.4 Å². The molecular weight excluding hydrogens is 402 g/mol. The van der Waals surface area contributed by atoms with E-state index in [4.69, 9.17) is 10.5 Å². The van der Waals surface area contributed by atoms with Crippen LogP contribution < -0.4 is 5.73 Å². The van der Waals surface area contributed by atoms with E-state index in [-0.39, 0.29) is 37.4 Å². The van der Waals surface area contributed by atoms with Crippen molar-refractivity contribution >= 4 is 28.3 Å². The maximum atomic E-state index is 13.3. The third-order valence-corrected chi connectivity index (χ3v) is 7.66. The van der Waals surface area contributed by atoms with Crippen molar-refractivity contribution < 1.29 is 17.9 Å². The number of hydrogen-bond acceptors (Lipinski definition) is 5. The van der Waals surface area contributed by atoms with Crippen LogP contribution in [0.3, 0.4) is 0 Å². The summed E-state index contributed by atoms with van der Waals surface area (Å²) in [6.07, 6.45) is -0.0884. The predicted octanol–water partition coefficient (Wildman–Crippen LogP) is 1.54. The fraction of sp³-hybridized carbons (Fsp3) is 0.632. The number of carbonyl (C=O) groups is 1. The van der Waals surface area contributed by atoms with Gasteiger partial charge in [0.05, 0.1) is 17.4 Å². The summed E-state index contributed by atoms with van der Waals surface area (Å²) in [5, 5.41) is 0. The molecule has 0 bridgehead atoms. The molecule has 0 saturated carbocycles. The quantitative estimate of drug-likeness (QED) is 0.734. The number of hydrogen-bond donors (Lipinski definition) is 1. The number of nitrogens with zero attached hydrogens (tertiary/aromatic N) is 2. The molecule has 1 aromatic rings. The molecule has 1 amide bonds. The molecule has 1 aromatic carbocycles. The third-order valence-electron chi connectivity index (χ3n) is 5.48. The molecule has 1 saturated heterocycles. The molecule has 9 heteroatoms. The first kappa shape index (κ1) is 24.8. The van der Waals surface area contributed by atoms with Gasteiger partial charge in [-0.1, -0.05) is 6.07 Å². The second-order valence-electron chi connectivity index (χ2n) is 7.17. The van der Waals surface area contributed by atoms with E-state index >= 15 is 0 Å². The van der Waals surface area contributed by atoms with E-state index in [1.54, 1.807) is 4.90 Å². The fourth-order valence-corrected chi connectivity index (χ4v) is 5.46. The molecule has 7 nitrogen and oxygen atoms in total. The minimum Gasteiger partial charge on any atom is -0.380 e. The van der Waals surface area contributed by atoms with Crippen LogP contribution >= 0.6 is 12.4 Å². The van der Waals surface area contributed by atoms with E-state index in [1.807, 2.05) is 33.8 Å². The first-order valence-electron chi connectivity index (χ1n) is 9.21. The molecule has 2 N–H and O–H groups in total. The zero-order valence-electron chi connectivity index (χ0n) is 17.3. The van der Waals surface area contributed by atoms with Crippen LogP contribution in [0.25, 0.3) is 0 Å². The largest absolute Gasteiger partial charge is 0.380 e. The van der Waals surface area contributed by atoms with E-state index in [0.29, 0.717) is 31.1 Å². The van der Waals surface area contributed by atoms with Gasteiger partial charge in [-0.3, -0.25) is 4.79 Å². The summed E-state index contributed by atoms with van der Waals surface area (Å²) in [7, 11) is -2.07. The van der Waals surface area contributed by atoms with Gasteiger partial charge < -0.3 is 15.4 Å². The van der Waals surface area contributed by atoms with Crippen molar-refractivity contribution in [2.45, 2.75) is 45.1 Å². The van der Waals surface area contributed by atoms with Gasteiger partial charge >= 0.3 is 0 Å². The predicted molar refractivity (Wildman–Crippen MR) is 112 cm³/mol. The summed E-state index contributed by atoms with van der Waals surface area (Å²) in [4.78, 5) is 14.5. The van der Waals surface area contributed by atoms with Crippen LogP contribution in [0.5, 0.6) is 0 Å².